The van der Waals surface area contributed by atoms with Gasteiger partial charge in [-0.15, -0.1) is 0 Å². The van der Waals surface area contributed by atoms with E-state index in [1.807, 2.05) is 6.07 Å². The molecule has 0 saturated carbocycles. The molecule has 2 N–H and O–H groups in total. The van der Waals surface area contributed by atoms with Crippen molar-refractivity contribution in [2.24, 2.45) is 5.92 Å². The third-order valence-corrected chi connectivity index (χ3v) is 3.87. The number of aromatic hydroxyl groups is 1. The Bertz CT molecular complexity index is 488. The number of fused-ring (bicyclic) bond motifs is 3. The zero-order valence-electron chi connectivity index (χ0n) is 9.87. The number of phenolic OH excluding ortho intramolecular Hbond substituents is 1. The minimum Gasteiger partial charge on any atom is -0.504 e. The van der Waals surface area contributed by atoms with Gasteiger partial charge in [-0.25, -0.2) is 4.79 Å². The summed E-state index contributed by atoms with van der Waals surface area (Å²) in [4.78, 5) is 12.5. The number of carboxylic acid groups (broad SMARTS) is 1. The fourth-order valence-corrected chi connectivity index (χ4v) is 2.98. The Hall–Kier alpha value is -1.91. The van der Waals surface area contributed by atoms with Crippen LogP contribution in [0.25, 0.3) is 0 Å². The third kappa shape index (κ3) is 1.66. The number of rotatable bonds is 0. The molecule has 1 fully saturated rings. The van der Waals surface area contributed by atoms with Crippen LogP contribution in [0.15, 0.2) is 18.2 Å². The molecule has 0 aliphatic carbocycles. The lowest BCUT2D eigenvalue weighted by molar-refractivity contribution is 0.152. The molecule has 2 aliphatic heterocycles. The molecule has 5 heteroatoms. The monoisotopic (exact) mass is 249 g/mol. The highest BCUT2D eigenvalue weighted by Crippen LogP contribution is 2.44. The van der Waals surface area contributed by atoms with E-state index in [0.29, 0.717) is 25.4 Å². The number of amides is 1. The number of hydrogen-bond donors (Lipinski definition) is 2. The van der Waals surface area contributed by atoms with Crippen molar-refractivity contribution in [1.29, 1.82) is 0 Å². The van der Waals surface area contributed by atoms with Crippen molar-refractivity contribution in [3.63, 3.8) is 0 Å². The summed E-state index contributed by atoms with van der Waals surface area (Å²) in [5.74, 6) is 1.08. The van der Waals surface area contributed by atoms with Crippen LogP contribution in [0.3, 0.4) is 0 Å². The van der Waals surface area contributed by atoms with Gasteiger partial charge in [0.2, 0.25) is 0 Å². The summed E-state index contributed by atoms with van der Waals surface area (Å²) >= 11 is 0. The van der Waals surface area contributed by atoms with Gasteiger partial charge >= 0.3 is 6.09 Å². The fraction of sp³-hybridized carbons (Fsp3) is 0.462. The zero-order chi connectivity index (χ0) is 12.7. The van der Waals surface area contributed by atoms with Crippen LogP contribution < -0.4 is 4.74 Å². The second-order valence-corrected chi connectivity index (χ2v) is 4.89. The van der Waals surface area contributed by atoms with Crippen LogP contribution in [-0.2, 0) is 0 Å². The van der Waals surface area contributed by atoms with Crippen molar-refractivity contribution >= 4 is 6.09 Å². The summed E-state index contributed by atoms with van der Waals surface area (Å²) in [6.45, 7) is 1.57. The summed E-state index contributed by atoms with van der Waals surface area (Å²) in [6.07, 6.45) is -0.0477. The quantitative estimate of drug-likeness (QED) is 0.736. The summed E-state index contributed by atoms with van der Waals surface area (Å²) in [5, 5.41) is 18.9. The van der Waals surface area contributed by atoms with E-state index >= 15 is 0 Å². The maximum atomic E-state index is 11.1. The van der Waals surface area contributed by atoms with E-state index in [1.54, 1.807) is 12.1 Å². The largest absolute Gasteiger partial charge is 0.504 e. The van der Waals surface area contributed by atoms with E-state index in [0.717, 1.165) is 12.0 Å². The number of hydrogen-bond acceptors (Lipinski definition) is 3. The van der Waals surface area contributed by atoms with Crippen LogP contribution in [0.4, 0.5) is 4.79 Å². The van der Waals surface area contributed by atoms with Crippen LogP contribution in [-0.4, -0.2) is 40.9 Å². The van der Waals surface area contributed by atoms with Gasteiger partial charge in [-0.3, -0.25) is 0 Å². The summed E-state index contributed by atoms with van der Waals surface area (Å²) in [7, 11) is 0. The number of benzene rings is 1. The maximum Gasteiger partial charge on any atom is 0.407 e. The lowest BCUT2D eigenvalue weighted by Crippen LogP contribution is -2.27. The van der Waals surface area contributed by atoms with Crippen LogP contribution in [0, 0.1) is 5.92 Å². The van der Waals surface area contributed by atoms with Gasteiger partial charge in [-0.05, 0) is 18.4 Å². The van der Waals surface area contributed by atoms with E-state index in [1.165, 1.54) is 4.90 Å². The molecule has 1 aromatic rings. The topological polar surface area (TPSA) is 70.0 Å². The standard InChI is InChI=1S/C13H15NO4/c15-11-3-1-2-9-10-7-14(13(16)17)6-8(10)4-5-18-12(9)11/h1-3,8,10,15H,4-7H2,(H,16,17)/t8-,10-/m0/s1. The van der Waals surface area contributed by atoms with Crippen molar-refractivity contribution in [2.45, 2.75) is 12.3 Å². The average Bonchev–Trinajstić information content (AvgIpc) is 2.68. The molecular weight excluding hydrogens is 234 g/mol. The van der Waals surface area contributed by atoms with Gasteiger partial charge in [0.1, 0.15) is 0 Å². The molecule has 2 heterocycles. The molecule has 2 atom stereocenters. The third-order valence-electron chi connectivity index (χ3n) is 3.87. The molecule has 0 spiro atoms. The molecule has 0 radical (unpaired) electrons. The molecular formula is C13H15NO4. The zero-order valence-corrected chi connectivity index (χ0v) is 9.87. The van der Waals surface area contributed by atoms with E-state index < -0.39 is 6.09 Å². The molecule has 1 saturated heterocycles. The van der Waals surface area contributed by atoms with Crippen molar-refractivity contribution < 1.29 is 19.7 Å². The van der Waals surface area contributed by atoms with Gasteiger partial charge in [0.25, 0.3) is 0 Å². The van der Waals surface area contributed by atoms with Crippen LogP contribution in [0.1, 0.15) is 17.9 Å². The number of phenols is 1. The Balaban J connectivity index is 1.99. The number of carbonyl (C=O) groups is 1. The second-order valence-electron chi connectivity index (χ2n) is 4.89. The molecule has 1 amide bonds. The van der Waals surface area contributed by atoms with E-state index in [-0.39, 0.29) is 17.6 Å². The van der Waals surface area contributed by atoms with Gasteiger partial charge in [-0.1, -0.05) is 12.1 Å². The highest BCUT2D eigenvalue weighted by atomic mass is 16.5. The lowest BCUT2D eigenvalue weighted by atomic mass is 9.87. The predicted molar refractivity (Wildman–Crippen MR) is 64.0 cm³/mol. The fourth-order valence-electron chi connectivity index (χ4n) is 2.98. The normalized spacial score (nSPS) is 25.9. The Morgan fingerprint density at radius 3 is 3.00 bits per heavy atom. The number of para-hydroxylation sites is 1. The number of nitrogens with zero attached hydrogens (tertiary/aromatic N) is 1. The Morgan fingerprint density at radius 2 is 2.22 bits per heavy atom. The second kappa shape index (κ2) is 4.08. The molecule has 2 aliphatic rings. The van der Waals surface area contributed by atoms with Gasteiger partial charge < -0.3 is 19.8 Å². The van der Waals surface area contributed by atoms with Gasteiger partial charge in [0.15, 0.2) is 11.5 Å². The molecule has 0 aromatic heterocycles. The van der Waals surface area contributed by atoms with E-state index in [4.69, 9.17) is 9.84 Å². The molecule has 1 aromatic carbocycles. The van der Waals surface area contributed by atoms with Crippen molar-refractivity contribution in [3.8, 4) is 11.5 Å². The summed E-state index contributed by atoms with van der Waals surface area (Å²) in [6, 6.07) is 5.30. The number of likely N-dealkylation sites (tertiary alicyclic amines) is 1. The smallest absolute Gasteiger partial charge is 0.407 e. The van der Waals surface area contributed by atoms with E-state index in [9.17, 15) is 9.90 Å². The van der Waals surface area contributed by atoms with Gasteiger partial charge in [0, 0.05) is 24.6 Å². The SMILES string of the molecule is O=C(O)N1C[C@@H]2CCOc3c(O)cccc3[C@H]2C1. The Labute approximate surface area is 105 Å². The van der Waals surface area contributed by atoms with E-state index in [2.05, 4.69) is 0 Å². The van der Waals surface area contributed by atoms with Crippen molar-refractivity contribution in [2.75, 3.05) is 19.7 Å². The van der Waals surface area contributed by atoms with Gasteiger partial charge in [0.05, 0.1) is 6.61 Å². The molecule has 5 nitrogen and oxygen atoms in total. The van der Waals surface area contributed by atoms with Crippen LogP contribution in [0.5, 0.6) is 11.5 Å². The average molecular weight is 249 g/mol. The van der Waals surface area contributed by atoms with Gasteiger partial charge in [-0.2, -0.15) is 0 Å². The molecule has 96 valence electrons. The van der Waals surface area contributed by atoms with Crippen LogP contribution in [0.2, 0.25) is 0 Å². The highest BCUT2D eigenvalue weighted by Gasteiger charge is 2.39. The molecule has 18 heavy (non-hydrogen) atoms. The highest BCUT2D eigenvalue weighted by molar-refractivity contribution is 5.66. The maximum absolute atomic E-state index is 11.1. The van der Waals surface area contributed by atoms with Crippen molar-refractivity contribution in [3.05, 3.63) is 23.8 Å². The summed E-state index contributed by atoms with van der Waals surface area (Å²) in [5.41, 5.74) is 0.932. The minimum atomic E-state index is -0.870. The van der Waals surface area contributed by atoms with Crippen molar-refractivity contribution in [1.82, 2.24) is 4.90 Å². The first kappa shape index (κ1) is 11.2. The summed E-state index contributed by atoms with van der Waals surface area (Å²) < 4.78 is 5.60. The first-order chi connectivity index (χ1) is 8.66. The number of ether oxygens (including phenoxy) is 1. The molecule has 0 bridgehead atoms. The molecule has 3 rings (SSSR count). The predicted octanol–water partition coefficient (Wildman–Crippen LogP) is 1.87. The molecule has 0 unspecified atom stereocenters. The first-order valence-electron chi connectivity index (χ1n) is 6.09. The first-order valence-corrected chi connectivity index (χ1v) is 6.09. The Morgan fingerprint density at radius 1 is 1.39 bits per heavy atom. The Kier molecular flexibility index (Phi) is 2.54. The lowest BCUT2D eigenvalue weighted by Gasteiger charge is -2.16. The minimum absolute atomic E-state index is 0.130. The van der Waals surface area contributed by atoms with Crippen LogP contribution >= 0.6 is 0 Å².